The van der Waals surface area contributed by atoms with E-state index in [4.69, 9.17) is 11.2 Å². The molecule has 3 N–H and O–H groups in total. The lowest BCUT2D eigenvalue weighted by Gasteiger charge is -2.32. The van der Waals surface area contributed by atoms with Crippen molar-refractivity contribution in [1.82, 2.24) is 10.2 Å². The second kappa shape index (κ2) is 13.1. The van der Waals surface area contributed by atoms with Crippen LogP contribution < -0.4 is 10.6 Å². The molecule has 0 aliphatic rings. The first-order valence-electron chi connectivity index (χ1n) is 13.8. The third-order valence-electron chi connectivity index (χ3n) is 6.76. The van der Waals surface area contributed by atoms with E-state index >= 15 is 0 Å². The van der Waals surface area contributed by atoms with Gasteiger partial charge in [-0.05, 0) is 79.1 Å². The summed E-state index contributed by atoms with van der Waals surface area (Å²) < 4.78 is 5.43. The second-order valence-corrected chi connectivity index (χ2v) is 11.2. The Morgan fingerprint density at radius 1 is 0.930 bits per heavy atom. The van der Waals surface area contributed by atoms with Crippen LogP contribution in [0.1, 0.15) is 43.5 Å². The molecule has 0 heterocycles. The third-order valence-corrected chi connectivity index (χ3v) is 6.76. The van der Waals surface area contributed by atoms with E-state index < -0.39 is 35.6 Å². The molecule has 0 bridgehead atoms. The molecule has 2 atom stereocenters. The summed E-state index contributed by atoms with van der Waals surface area (Å²) in [5.41, 5.74) is 1.64. The smallest absolute Gasteiger partial charge is 0.408 e. The van der Waals surface area contributed by atoms with Crippen molar-refractivity contribution >= 4 is 34.4 Å². The maximum atomic E-state index is 14.1. The van der Waals surface area contributed by atoms with E-state index in [0.29, 0.717) is 22.4 Å². The van der Waals surface area contributed by atoms with E-state index in [0.717, 1.165) is 10.8 Å². The van der Waals surface area contributed by atoms with Crippen LogP contribution in [-0.2, 0) is 20.7 Å². The van der Waals surface area contributed by atoms with Gasteiger partial charge in [0.15, 0.2) is 0 Å². The number of terminal acetylenes is 1. The van der Waals surface area contributed by atoms with E-state index in [1.807, 2.05) is 36.4 Å². The molecule has 4 rings (SSSR count). The Bertz CT molecular complexity index is 1650. The van der Waals surface area contributed by atoms with E-state index in [2.05, 4.69) is 16.6 Å². The van der Waals surface area contributed by atoms with Crippen molar-refractivity contribution in [3.8, 4) is 18.1 Å². The van der Waals surface area contributed by atoms with E-state index in [-0.39, 0.29) is 12.2 Å². The van der Waals surface area contributed by atoms with Gasteiger partial charge in [-0.2, -0.15) is 0 Å². The van der Waals surface area contributed by atoms with Crippen LogP contribution in [0.3, 0.4) is 0 Å². The molecule has 0 aromatic heterocycles. The highest BCUT2D eigenvalue weighted by atomic mass is 16.6. The van der Waals surface area contributed by atoms with Crippen molar-refractivity contribution in [2.45, 2.75) is 44.9 Å². The summed E-state index contributed by atoms with van der Waals surface area (Å²) >= 11 is 0. The van der Waals surface area contributed by atoms with Gasteiger partial charge in [-0.3, -0.25) is 9.59 Å². The topological polar surface area (TPSA) is 108 Å². The van der Waals surface area contributed by atoms with Crippen LogP contribution in [0.4, 0.5) is 10.5 Å². The zero-order valence-corrected chi connectivity index (χ0v) is 24.6. The SMILES string of the molecule is C#Cc1ccc(C(C(=O)Nc2ccc3ccccc3c2)N(C)C(=O)C(Cc2ccc(O)cc2)NC(=O)OC(C)(C)C)cc1. The number of ether oxygens (including phenoxy) is 1. The Hall–Kier alpha value is -5.29. The molecule has 0 fully saturated rings. The fraction of sp³-hybridized carbons (Fsp3) is 0.229. The number of alkyl carbamates (subject to hydrolysis) is 1. The lowest BCUT2D eigenvalue weighted by Crippen LogP contribution is -2.52. The average Bonchev–Trinajstić information content (AvgIpc) is 2.97. The molecule has 0 aliphatic carbocycles. The van der Waals surface area contributed by atoms with Crippen molar-refractivity contribution in [3.05, 3.63) is 108 Å². The molecular weight excluding hydrogens is 542 g/mol. The maximum absolute atomic E-state index is 14.1. The lowest BCUT2D eigenvalue weighted by atomic mass is 10.00. The highest BCUT2D eigenvalue weighted by molar-refractivity contribution is 6.00. The molecule has 3 amide bonds. The Labute approximate surface area is 251 Å². The number of phenols is 1. The van der Waals surface area contributed by atoms with Gasteiger partial charge in [0.1, 0.15) is 23.4 Å². The average molecular weight is 578 g/mol. The fourth-order valence-electron chi connectivity index (χ4n) is 4.68. The number of amides is 3. The number of aromatic hydroxyl groups is 1. The number of carbonyl (C=O) groups is 3. The summed E-state index contributed by atoms with van der Waals surface area (Å²) in [4.78, 5) is 42.1. The minimum Gasteiger partial charge on any atom is -0.508 e. The van der Waals surface area contributed by atoms with Crippen molar-refractivity contribution in [2.75, 3.05) is 12.4 Å². The standard InChI is InChI=1S/C35H35N3O5/c1-6-23-11-15-26(16-12-23)31(32(40)36-28-18-17-25-9-7-8-10-27(25)22-28)38(5)33(41)30(37-34(42)43-35(2,3)4)21-24-13-19-29(39)20-14-24/h1,7-20,22,30-31,39H,21H2,2-5H3,(H,36,40)(H,37,42). The van der Waals surface area contributed by atoms with Crippen molar-refractivity contribution in [3.63, 3.8) is 0 Å². The molecule has 4 aromatic rings. The zero-order valence-electron chi connectivity index (χ0n) is 24.6. The van der Waals surface area contributed by atoms with Crippen LogP contribution in [0.5, 0.6) is 5.75 Å². The van der Waals surface area contributed by atoms with Gasteiger partial charge in [-0.1, -0.05) is 60.5 Å². The summed E-state index contributed by atoms with van der Waals surface area (Å²) in [7, 11) is 1.52. The number of phenolic OH excluding ortho intramolecular Hbond substituents is 1. The highest BCUT2D eigenvalue weighted by Gasteiger charge is 2.34. The zero-order chi connectivity index (χ0) is 31.1. The molecule has 0 radical (unpaired) electrons. The number of benzene rings is 4. The highest BCUT2D eigenvalue weighted by Crippen LogP contribution is 2.26. The van der Waals surface area contributed by atoms with Crippen LogP contribution >= 0.6 is 0 Å². The van der Waals surface area contributed by atoms with E-state index in [9.17, 15) is 19.5 Å². The number of nitrogens with zero attached hydrogens (tertiary/aromatic N) is 1. The van der Waals surface area contributed by atoms with Gasteiger partial charge in [0.25, 0.3) is 5.91 Å². The predicted octanol–water partition coefficient (Wildman–Crippen LogP) is 5.80. The number of hydrogen-bond acceptors (Lipinski definition) is 5. The monoisotopic (exact) mass is 577 g/mol. The molecule has 8 nitrogen and oxygen atoms in total. The van der Waals surface area contributed by atoms with E-state index in [1.165, 1.54) is 24.1 Å². The van der Waals surface area contributed by atoms with Gasteiger partial charge >= 0.3 is 6.09 Å². The Morgan fingerprint density at radius 2 is 1.58 bits per heavy atom. The number of nitrogens with one attached hydrogen (secondary N) is 2. The Kier molecular flexibility index (Phi) is 9.36. The number of hydrogen-bond donors (Lipinski definition) is 3. The number of rotatable bonds is 8. The summed E-state index contributed by atoms with van der Waals surface area (Å²) in [5.74, 6) is 1.67. The molecule has 4 aromatic carbocycles. The van der Waals surface area contributed by atoms with Gasteiger partial charge in [-0.25, -0.2) is 4.79 Å². The number of anilines is 1. The minimum atomic E-state index is -1.08. The summed E-state index contributed by atoms with van der Waals surface area (Å²) in [6.07, 6.45) is 4.87. The molecular formula is C35H35N3O5. The predicted molar refractivity (Wildman–Crippen MR) is 167 cm³/mol. The Morgan fingerprint density at radius 3 is 2.21 bits per heavy atom. The molecule has 43 heavy (non-hydrogen) atoms. The largest absolute Gasteiger partial charge is 0.508 e. The van der Waals surface area contributed by atoms with Gasteiger partial charge < -0.3 is 25.4 Å². The second-order valence-electron chi connectivity index (χ2n) is 11.2. The van der Waals surface area contributed by atoms with Crippen LogP contribution in [0.15, 0.2) is 91.0 Å². The first-order chi connectivity index (χ1) is 20.4. The third kappa shape index (κ3) is 8.14. The van der Waals surface area contributed by atoms with E-state index in [1.54, 1.807) is 63.2 Å². The molecule has 0 saturated heterocycles. The number of carbonyl (C=O) groups excluding carboxylic acids is 3. The molecule has 8 heteroatoms. The fourth-order valence-corrected chi connectivity index (χ4v) is 4.68. The molecule has 0 aliphatic heterocycles. The summed E-state index contributed by atoms with van der Waals surface area (Å²) in [6.45, 7) is 5.17. The van der Waals surface area contributed by atoms with Crippen molar-refractivity contribution < 1.29 is 24.2 Å². The van der Waals surface area contributed by atoms with Crippen LogP contribution in [0, 0.1) is 12.3 Å². The Balaban J connectivity index is 1.67. The van der Waals surface area contributed by atoms with Gasteiger partial charge in [-0.15, -0.1) is 6.42 Å². The summed E-state index contributed by atoms with van der Waals surface area (Å²) in [6, 6.07) is 24.4. The molecule has 220 valence electrons. The van der Waals surface area contributed by atoms with Gasteiger partial charge in [0.05, 0.1) is 0 Å². The quantitative estimate of drug-likeness (QED) is 0.230. The van der Waals surface area contributed by atoms with Crippen LogP contribution in [0.25, 0.3) is 10.8 Å². The number of fused-ring (bicyclic) bond motifs is 1. The molecule has 2 unspecified atom stereocenters. The van der Waals surface area contributed by atoms with Gasteiger partial charge in [0.2, 0.25) is 5.91 Å². The minimum absolute atomic E-state index is 0.0738. The lowest BCUT2D eigenvalue weighted by molar-refractivity contribution is -0.139. The molecule has 0 saturated carbocycles. The maximum Gasteiger partial charge on any atom is 0.408 e. The normalized spacial score (nSPS) is 12.4. The first-order valence-corrected chi connectivity index (χ1v) is 13.8. The number of likely N-dealkylation sites (N-methyl/N-ethyl adjacent to an activating group) is 1. The molecule has 0 spiro atoms. The van der Waals surface area contributed by atoms with Crippen LogP contribution in [-0.4, -0.2) is 46.6 Å². The van der Waals surface area contributed by atoms with Gasteiger partial charge in [0, 0.05) is 24.7 Å². The van der Waals surface area contributed by atoms with Crippen molar-refractivity contribution in [1.29, 1.82) is 0 Å². The van der Waals surface area contributed by atoms with Crippen molar-refractivity contribution in [2.24, 2.45) is 0 Å². The van der Waals surface area contributed by atoms with Crippen LogP contribution in [0.2, 0.25) is 0 Å². The summed E-state index contributed by atoms with van der Waals surface area (Å²) in [5, 5.41) is 17.3. The first kappa shape index (κ1) is 30.7.